The van der Waals surface area contributed by atoms with Gasteiger partial charge in [-0.3, -0.25) is 9.10 Å². The molecule has 0 aliphatic rings. The molecule has 0 spiro atoms. The molecule has 174 valence electrons. The SMILES string of the molecule is Cc1ccc(S(=O)(=O)N(CC(=O)NCCSCc2ccccc2)c2cc(C)ccc2C)cc1. The maximum atomic E-state index is 13.5. The first kappa shape index (κ1) is 24.9. The molecule has 3 aromatic rings. The van der Waals surface area contributed by atoms with Crippen molar-refractivity contribution in [3.05, 3.63) is 95.1 Å². The summed E-state index contributed by atoms with van der Waals surface area (Å²) in [5.41, 5.74) is 4.45. The molecule has 0 heterocycles. The third-order valence-electron chi connectivity index (χ3n) is 5.21. The van der Waals surface area contributed by atoms with Crippen LogP contribution in [0.5, 0.6) is 0 Å². The number of thioether (sulfide) groups is 1. The van der Waals surface area contributed by atoms with Crippen molar-refractivity contribution in [2.24, 2.45) is 0 Å². The van der Waals surface area contributed by atoms with Crippen molar-refractivity contribution in [2.45, 2.75) is 31.4 Å². The summed E-state index contributed by atoms with van der Waals surface area (Å²) in [6.07, 6.45) is 0. The highest BCUT2D eigenvalue weighted by molar-refractivity contribution is 7.98. The number of nitrogens with zero attached hydrogens (tertiary/aromatic N) is 1. The topological polar surface area (TPSA) is 66.5 Å². The van der Waals surface area contributed by atoms with Crippen LogP contribution in [0, 0.1) is 20.8 Å². The van der Waals surface area contributed by atoms with E-state index in [2.05, 4.69) is 17.4 Å². The molecule has 0 bridgehead atoms. The van der Waals surface area contributed by atoms with E-state index < -0.39 is 10.0 Å². The zero-order valence-corrected chi connectivity index (χ0v) is 20.9. The minimum Gasteiger partial charge on any atom is -0.354 e. The minimum atomic E-state index is -3.91. The fourth-order valence-electron chi connectivity index (χ4n) is 3.34. The van der Waals surface area contributed by atoms with Gasteiger partial charge >= 0.3 is 0 Å². The smallest absolute Gasteiger partial charge is 0.264 e. The third kappa shape index (κ3) is 6.85. The van der Waals surface area contributed by atoms with Crippen LogP contribution in [0.25, 0.3) is 0 Å². The molecule has 7 heteroatoms. The molecule has 0 atom stereocenters. The molecule has 0 aliphatic heterocycles. The van der Waals surface area contributed by atoms with Gasteiger partial charge in [0.25, 0.3) is 10.0 Å². The van der Waals surface area contributed by atoms with E-state index >= 15 is 0 Å². The number of hydrogen-bond acceptors (Lipinski definition) is 4. The molecular weight excluding hydrogens is 452 g/mol. The summed E-state index contributed by atoms with van der Waals surface area (Å²) in [4.78, 5) is 12.9. The molecule has 0 saturated carbocycles. The summed E-state index contributed by atoms with van der Waals surface area (Å²) in [5, 5.41) is 2.87. The normalized spacial score (nSPS) is 11.2. The van der Waals surface area contributed by atoms with Crippen LogP contribution in [0.15, 0.2) is 77.7 Å². The van der Waals surface area contributed by atoms with Gasteiger partial charge in [-0.05, 0) is 55.7 Å². The number of benzene rings is 3. The van der Waals surface area contributed by atoms with Gasteiger partial charge in [0.15, 0.2) is 0 Å². The molecule has 0 fully saturated rings. The van der Waals surface area contributed by atoms with Crippen LogP contribution in [0.4, 0.5) is 5.69 Å². The van der Waals surface area contributed by atoms with Gasteiger partial charge in [-0.2, -0.15) is 11.8 Å². The number of rotatable bonds is 10. The third-order valence-corrected chi connectivity index (χ3v) is 8.01. The van der Waals surface area contributed by atoms with Crippen LogP contribution in [0.2, 0.25) is 0 Å². The van der Waals surface area contributed by atoms with Crippen LogP contribution in [-0.4, -0.2) is 33.2 Å². The van der Waals surface area contributed by atoms with Gasteiger partial charge in [0.05, 0.1) is 10.6 Å². The Hall–Kier alpha value is -2.77. The summed E-state index contributed by atoms with van der Waals surface area (Å²) in [6.45, 7) is 5.86. The highest BCUT2D eigenvalue weighted by atomic mass is 32.2. The van der Waals surface area contributed by atoms with Gasteiger partial charge < -0.3 is 5.32 Å². The van der Waals surface area contributed by atoms with Gasteiger partial charge in [0.2, 0.25) is 5.91 Å². The van der Waals surface area contributed by atoms with Crippen molar-refractivity contribution in [1.29, 1.82) is 0 Å². The molecule has 5 nitrogen and oxygen atoms in total. The molecule has 1 amide bonds. The number of aryl methyl sites for hydroxylation is 3. The van der Waals surface area contributed by atoms with Crippen molar-refractivity contribution in [2.75, 3.05) is 23.1 Å². The molecule has 1 N–H and O–H groups in total. The number of nitrogens with one attached hydrogen (secondary N) is 1. The summed E-state index contributed by atoms with van der Waals surface area (Å²) < 4.78 is 28.3. The van der Waals surface area contributed by atoms with Crippen LogP contribution < -0.4 is 9.62 Å². The highest BCUT2D eigenvalue weighted by Crippen LogP contribution is 2.28. The van der Waals surface area contributed by atoms with E-state index in [0.717, 1.165) is 28.2 Å². The predicted octanol–water partition coefficient (Wildman–Crippen LogP) is 4.86. The first-order chi connectivity index (χ1) is 15.8. The number of carbonyl (C=O) groups excluding carboxylic acids is 1. The zero-order valence-electron chi connectivity index (χ0n) is 19.2. The Morgan fingerprint density at radius 1 is 0.909 bits per heavy atom. The van der Waals surface area contributed by atoms with E-state index in [0.29, 0.717) is 12.2 Å². The minimum absolute atomic E-state index is 0.167. The van der Waals surface area contributed by atoms with Gasteiger partial charge in [-0.15, -0.1) is 0 Å². The molecule has 33 heavy (non-hydrogen) atoms. The Bertz CT molecular complexity index is 1180. The average molecular weight is 483 g/mol. The lowest BCUT2D eigenvalue weighted by Gasteiger charge is -2.26. The monoisotopic (exact) mass is 482 g/mol. The summed E-state index contributed by atoms with van der Waals surface area (Å²) >= 11 is 1.73. The van der Waals surface area contributed by atoms with E-state index in [1.165, 1.54) is 9.87 Å². The lowest BCUT2D eigenvalue weighted by Crippen LogP contribution is -2.41. The molecule has 0 aliphatic carbocycles. The van der Waals surface area contributed by atoms with Crippen molar-refractivity contribution in [1.82, 2.24) is 5.32 Å². The van der Waals surface area contributed by atoms with Crippen molar-refractivity contribution < 1.29 is 13.2 Å². The van der Waals surface area contributed by atoms with Crippen molar-refractivity contribution in [3.8, 4) is 0 Å². The van der Waals surface area contributed by atoms with Crippen molar-refractivity contribution in [3.63, 3.8) is 0 Å². The molecule has 0 aromatic heterocycles. The Morgan fingerprint density at radius 3 is 2.27 bits per heavy atom. The van der Waals surface area contributed by atoms with E-state index in [1.807, 2.05) is 57.2 Å². The Kier molecular flexibility index (Phi) is 8.58. The van der Waals surface area contributed by atoms with E-state index in [1.54, 1.807) is 36.0 Å². The summed E-state index contributed by atoms with van der Waals surface area (Å²) in [7, 11) is -3.91. The van der Waals surface area contributed by atoms with Gasteiger partial charge in [0.1, 0.15) is 6.54 Å². The van der Waals surface area contributed by atoms with E-state index in [9.17, 15) is 13.2 Å². The zero-order chi connectivity index (χ0) is 23.8. The second-order valence-electron chi connectivity index (χ2n) is 8.00. The van der Waals surface area contributed by atoms with E-state index in [-0.39, 0.29) is 17.3 Å². The number of hydrogen-bond donors (Lipinski definition) is 1. The average Bonchev–Trinajstić information content (AvgIpc) is 2.80. The largest absolute Gasteiger partial charge is 0.354 e. The van der Waals surface area contributed by atoms with Gasteiger partial charge in [-0.1, -0.05) is 60.2 Å². The fourth-order valence-corrected chi connectivity index (χ4v) is 5.63. The number of sulfonamides is 1. The molecular formula is C26H30N2O3S2. The van der Waals surface area contributed by atoms with E-state index in [4.69, 9.17) is 0 Å². The van der Waals surface area contributed by atoms with Crippen molar-refractivity contribution >= 4 is 33.4 Å². The first-order valence-electron chi connectivity index (χ1n) is 10.8. The molecule has 3 aromatic carbocycles. The standard InChI is InChI=1S/C26H30N2O3S2/c1-20-10-13-24(14-11-20)33(30,31)28(25-17-21(2)9-12-22(25)3)18-26(29)27-15-16-32-19-23-7-5-4-6-8-23/h4-14,17H,15-16,18-19H2,1-3H3,(H,27,29). The number of amides is 1. The molecule has 0 unspecified atom stereocenters. The van der Waals surface area contributed by atoms with Crippen LogP contribution in [0.3, 0.4) is 0 Å². The second-order valence-corrected chi connectivity index (χ2v) is 11.0. The Balaban J connectivity index is 1.71. The highest BCUT2D eigenvalue weighted by Gasteiger charge is 2.28. The fraction of sp³-hybridized carbons (Fsp3) is 0.269. The molecule has 0 radical (unpaired) electrons. The molecule has 3 rings (SSSR count). The first-order valence-corrected chi connectivity index (χ1v) is 13.4. The quantitative estimate of drug-likeness (QED) is 0.419. The Labute approximate surface area is 201 Å². The van der Waals surface area contributed by atoms with Crippen LogP contribution in [0.1, 0.15) is 22.3 Å². The second kappa shape index (κ2) is 11.4. The summed E-state index contributed by atoms with van der Waals surface area (Å²) in [6, 6.07) is 22.5. The maximum Gasteiger partial charge on any atom is 0.264 e. The maximum absolute atomic E-state index is 13.5. The number of carbonyl (C=O) groups is 1. The van der Waals surface area contributed by atoms with Crippen LogP contribution in [-0.2, 0) is 20.6 Å². The van der Waals surface area contributed by atoms with Gasteiger partial charge in [0, 0.05) is 18.1 Å². The van der Waals surface area contributed by atoms with Crippen LogP contribution >= 0.6 is 11.8 Å². The lowest BCUT2D eigenvalue weighted by molar-refractivity contribution is -0.119. The predicted molar refractivity (Wildman–Crippen MR) is 137 cm³/mol. The number of anilines is 1. The summed E-state index contributed by atoms with van der Waals surface area (Å²) in [5.74, 6) is 1.29. The van der Waals surface area contributed by atoms with Gasteiger partial charge in [-0.25, -0.2) is 8.42 Å². The molecule has 0 saturated heterocycles. The Morgan fingerprint density at radius 2 is 1.58 bits per heavy atom. The lowest BCUT2D eigenvalue weighted by atomic mass is 10.1.